The van der Waals surface area contributed by atoms with Gasteiger partial charge in [0.1, 0.15) is 0 Å². The van der Waals surface area contributed by atoms with E-state index in [0.29, 0.717) is 0 Å². The summed E-state index contributed by atoms with van der Waals surface area (Å²) in [5.74, 6) is 0. The van der Waals surface area contributed by atoms with Gasteiger partial charge >= 0.3 is 0 Å². The second-order valence-corrected chi connectivity index (χ2v) is 5.69. The molecular weight excluding hydrogens is 298 g/mol. The zero-order valence-corrected chi connectivity index (χ0v) is 12.2. The van der Waals surface area contributed by atoms with Crippen LogP contribution < -0.4 is 5.32 Å². The smallest absolute Gasteiger partial charge is 0.0952 e. The van der Waals surface area contributed by atoms with Gasteiger partial charge in [0.2, 0.25) is 0 Å². The lowest BCUT2D eigenvalue weighted by Crippen LogP contribution is -2.16. The predicted molar refractivity (Wildman–Crippen MR) is 75.6 cm³/mol. The summed E-state index contributed by atoms with van der Waals surface area (Å²) in [5, 5.41) is 5.41. The maximum Gasteiger partial charge on any atom is 0.0952 e. The zero-order chi connectivity index (χ0) is 12.1. The first kappa shape index (κ1) is 12.8. The van der Waals surface area contributed by atoms with E-state index in [1.807, 2.05) is 6.33 Å². The number of hydrogen-bond donors (Lipinski definition) is 1. The third-order valence-electron chi connectivity index (χ3n) is 2.51. The fourth-order valence-electron chi connectivity index (χ4n) is 1.62. The van der Waals surface area contributed by atoms with E-state index in [-0.39, 0.29) is 0 Å². The molecule has 0 saturated carbocycles. The molecule has 2 rings (SSSR count). The Morgan fingerprint density at radius 1 is 1.53 bits per heavy atom. The Balaban J connectivity index is 1.92. The molecule has 0 spiro atoms. The molecule has 0 aliphatic heterocycles. The summed E-state index contributed by atoms with van der Waals surface area (Å²) in [6, 6.07) is 2.09. The summed E-state index contributed by atoms with van der Waals surface area (Å²) in [6.07, 6.45) is 5.03. The van der Waals surface area contributed by atoms with Gasteiger partial charge in [0.05, 0.1) is 18.6 Å². The maximum atomic E-state index is 4.41. The Hall–Kier alpha value is -0.650. The van der Waals surface area contributed by atoms with Gasteiger partial charge in [0, 0.05) is 28.5 Å². The molecule has 0 radical (unpaired) electrons. The standard InChI is InChI=1S/C12H16BrN3S/c1-2-14-5-3-10-7-16(9-15-10)8-12-11(13)4-6-17-12/h4,6-7,9,14H,2-3,5,8H2,1H3. The second-order valence-electron chi connectivity index (χ2n) is 3.83. The second kappa shape index (κ2) is 6.33. The van der Waals surface area contributed by atoms with Crippen molar-refractivity contribution in [3.05, 3.63) is 39.0 Å². The number of hydrogen-bond acceptors (Lipinski definition) is 3. The Morgan fingerprint density at radius 3 is 3.12 bits per heavy atom. The van der Waals surface area contributed by atoms with Crippen LogP contribution in [-0.2, 0) is 13.0 Å². The van der Waals surface area contributed by atoms with Crippen LogP contribution in [0.5, 0.6) is 0 Å². The normalized spacial score (nSPS) is 10.9. The number of imidazole rings is 1. The van der Waals surface area contributed by atoms with Crippen molar-refractivity contribution in [1.82, 2.24) is 14.9 Å². The van der Waals surface area contributed by atoms with Gasteiger partial charge < -0.3 is 9.88 Å². The summed E-state index contributed by atoms with van der Waals surface area (Å²) in [6.45, 7) is 5.03. The molecule has 0 saturated heterocycles. The average Bonchev–Trinajstić information content (AvgIpc) is 2.91. The van der Waals surface area contributed by atoms with Crippen LogP contribution in [0.3, 0.4) is 0 Å². The molecule has 3 nitrogen and oxygen atoms in total. The first-order chi connectivity index (χ1) is 8.29. The van der Waals surface area contributed by atoms with Gasteiger partial charge in [-0.3, -0.25) is 0 Å². The molecule has 1 N–H and O–H groups in total. The summed E-state index contributed by atoms with van der Waals surface area (Å²) in [7, 11) is 0. The van der Waals surface area contributed by atoms with Gasteiger partial charge in [0.25, 0.3) is 0 Å². The lowest BCUT2D eigenvalue weighted by molar-refractivity contribution is 0.709. The van der Waals surface area contributed by atoms with E-state index in [0.717, 1.165) is 31.7 Å². The number of nitrogens with zero attached hydrogens (tertiary/aromatic N) is 2. The highest BCUT2D eigenvalue weighted by Crippen LogP contribution is 2.23. The molecule has 0 bridgehead atoms. The summed E-state index contributed by atoms with van der Waals surface area (Å²) in [5.41, 5.74) is 1.15. The molecule has 92 valence electrons. The summed E-state index contributed by atoms with van der Waals surface area (Å²) >= 11 is 5.32. The van der Waals surface area contributed by atoms with Gasteiger partial charge in [0.15, 0.2) is 0 Å². The van der Waals surface area contributed by atoms with Crippen molar-refractivity contribution in [1.29, 1.82) is 0 Å². The van der Waals surface area contributed by atoms with Crippen molar-refractivity contribution in [2.24, 2.45) is 0 Å². The highest BCUT2D eigenvalue weighted by molar-refractivity contribution is 9.10. The minimum Gasteiger partial charge on any atom is -0.332 e. The highest BCUT2D eigenvalue weighted by atomic mass is 79.9. The van der Waals surface area contributed by atoms with Crippen LogP contribution >= 0.6 is 27.3 Å². The van der Waals surface area contributed by atoms with Crippen LogP contribution in [0.4, 0.5) is 0 Å². The average molecular weight is 314 g/mol. The largest absolute Gasteiger partial charge is 0.332 e. The lowest BCUT2D eigenvalue weighted by atomic mass is 10.3. The molecule has 0 atom stereocenters. The lowest BCUT2D eigenvalue weighted by Gasteiger charge is -2.00. The van der Waals surface area contributed by atoms with Gasteiger partial charge in [-0.15, -0.1) is 11.3 Å². The van der Waals surface area contributed by atoms with E-state index in [2.05, 4.69) is 55.4 Å². The van der Waals surface area contributed by atoms with Crippen molar-refractivity contribution >= 4 is 27.3 Å². The molecule has 2 heterocycles. The SMILES string of the molecule is CCNCCc1cn(Cc2sccc2Br)cn1. The molecule has 0 aliphatic carbocycles. The molecule has 0 aromatic carbocycles. The van der Waals surface area contributed by atoms with E-state index in [9.17, 15) is 0 Å². The van der Waals surface area contributed by atoms with Crippen LogP contribution in [-0.4, -0.2) is 22.6 Å². The third-order valence-corrected chi connectivity index (χ3v) is 4.42. The Kier molecular flexibility index (Phi) is 4.76. The van der Waals surface area contributed by atoms with Crippen LogP contribution in [0.25, 0.3) is 0 Å². The molecule has 0 amide bonds. The van der Waals surface area contributed by atoms with Gasteiger partial charge in [-0.25, -0.2) is 4.98 Å². The fourth-order valence-corrected chi connectivity index (χ4v) is 3.10. The Labute approximate surface area is 114 Å². The highest BCUT2D eigenvalue weighted by Gasteiger charge is 2.03. The van der Waals surface area contributed by atoms with Gasteiger partial charge in [-0.2, -0.15) is 0 Å². The topological polar surface area (TPSA) is 29.9 Å². The molecule has 0 aliphatic rings. The summed E-state index contributed by atoms with van der Waals surface area (Å²) in [4.78, 5) is 5.74. The molecular formula is C12H16BrN3S. The Bertz CT molecular complexity index is 464. The van der Waals surface area contributed by atoms with Crippen LogP contribution in [0.2, 0.25) is 0 Å². The van der Waals surface area contributed by atoms with Crippen molar-refractivity contribution < 1.29 is 0 Å². The van der Waals surface area contributed by atoms with E-state index < -0.39 is 0 Å². The van der Waals surface area contributed by atoms with Crippen molar-refractivity contribution in [3.63, 3.8) is 0 Å². The Morgan fingerprint density at radius 2 is 2.41 bits per heavy atom. The first-order valence-corrected chi connectivity index (χ1v) is 7.40. The molecule has 0 unspecified atom stereocenters. The quantitative estimate of drug-likeness (QED) is 0.831. The van der Waals surface area contributed by atoms with E-state index in [4.69, 9.17) is 0 Å². The number of thiophene rings is 1. The van der Waals surface area contributed by atoms with E-state index in [1.54, 1.807) is 11.3 Å². The number of nitrogens with one attached hydrogen (secondary N) is 1. The molecule has 2 aromatic heterocycles. The third kappa shape index (κ3) is 3.66. The molecule has 2 aromatic rings. The monoisotopic (exact) mass is 313 g/mol. The first-order valence-electron chi connectivity index (χ1n) is 5.73. The minimum atomic E-state index is 0.895. The number of rotatable bonds is 6. The minimum absolute atomic E-state index is 0.895. The number of aromatic nitrogens is 2. The zero-order valence-electron chi connectivity index (χ0n) is 9.82. The predicted octanol–water partition coefficient (Wildman–Crippen LogP) is 2.91. The molecule has 5 heteroatoms. The van der Waals surface area contributed by atoms with Crippen molar-refractivity contribution in [3.8, 4) is 0 Å². The van der Waals surface area contributed by atoms with Crippen LogP contribution in [0, 0.1) is 0 Å². The van der Waals surface area contributed by atoms with Crippen LogP contribution in [0.15, 0.2) is 28.4 Å². The molecule has 0 fully saturated rings. The number of likely N-dealkylation sites (N-methyl/N-ethyl adjacent to an activating group) is 1. The molecule has 17 heavy (non-hydrogen) atoms. The summed E-state index contributed by atoms with van der Waals surface area (Å²) < 4.78 is 3.32. The maximum absolute atomic E-state index is 4.41. The van der Waals surface area contributed by atoms with Gasteiger partial charge in [-0.1, -0.05) is 6.92 Å². The van der Waals surface area contributed by atoms with Gasteiger partial charge in [-0.05, 0) is 33.9 Å². The van der Waals surface area contributed by atoms with E-state index in [1.165, 1.54) is 9.35 Å². The number of halogens is 1. The van der Waals surface area contributed by atoms with E-state index >= 15 is 0 Å². The van der Waals surface area contributed by atoms with Crippen LogP contribution in [0.1, 0.15) is 17.5 Å². The van der Waals surface area contributed by atoms with Crippen molar-refractivity contribution in [2.45, 2.75) is 19.9 Å². The fraction of sp³-hybridized carbons (Fsp3) is 0.417. The van der Waals surface area contributed by atoms with Crippen molar-refractivity contribution in [2.75, 3.05) is 13.1 Å².